The maximum absolute atomic E-state index is 2.31. The van der Waals surface area contributed by atoms with Crippen LogP contribution in [0.1, 0.15) is 20.8 Å². The number of nitrogens with zero attached hydrogens (tertiary/aromatic N) is 1. The molecule has 0 spiro atoms. The van der Waals surface area contributed by atoms with Crippen molar-refractivity contribution in [2.24, 2.45) is 0 Å². The normalized spacial score (nSPS) is 11.0. The summed E-state index contributed by atoms with van der Waals surface area (Å²) in [7, 11) is 0. The molecule has 0 N–H and O–H groups in total. The van der Waals surface area contributed by atoms with E-state index in [0.29, 0.717) is 0 Å². The molecular weight excluding hydrogens is 301 g/mol. The van der Waals surface area contributed by atoms with Crippen molar-refractivity contribution in [1.82, 2.24) is 0 Å². The third kappa shape index (κ3) is 2.88. The van der Waals surface area contributed by atoms with Gasteiger partial charge >= 0.3 is 0 Å². The van der Waals surface area contributed by atoms with Crippen molar-refractivity contribution in [1.29, 1.82) is 0 Å². The van der Waals surface area contributed by atoms with Gasteiger partial charge in [0, 0.05) is 20.8 Å². The lowest BCUT2D eigenvalue weighted by molar-refractivity contribution is -0.780. The fourth-order valence-electron chi connectivity index (χ4n) is 0.911. The third-order valence-corrected chi connectivity index (χ3v) is 3.46. The Morgan fingerprint density at radius 1 is 1.42 bits per heavy atom. The molecule has 70 valence electrons. The molecule has 0 fully saturated rings. The minimum atomic E-state index is 0. The van der Waals surface area contributed by atoms with Gasteiger partial charge in [0.15, 0.2) is 11.7 Å². The number of thiazole rings is 1. The van der Waals surface area contributed by atoms with Crippen LogP contribution in [-0.2, 0) is 5.54 Å². The van der Waals surface area contributed by atoms with Crippen LogP contribution in [0.25, 0.3) is 0 Å². The lowest BCUT2D eigenvalue weighted by Gasteiger charge is -2.11. The molecule has 1 nitrogen and oxygen atoms in total. The van der Waals surface area contributed by atoms with Crippen molar-refractivity contribution < 1.29 is 28.5 Å². The van der Waals surface area contributed by atoms with Crippen LogP contribution in [0.5, 0.6) is 0 Å². The van der Waals surface area contributed by atoms with Gasteiger partial charge in [0.25, 0.3) is 4.34 Å². The first-order chi connectivity index (χ1) is 5.05. The van der Waals surface area contributed by atoms with Gasteiger partial charge in [-0.05, 0) is 18.0 Å². The van der Waals surface area contributed by atoms with Crippen LogP contribution < -0.4 is 28.5 Å². The molecule has 4 heteroatoms. The molecule has 12 heavy (non-hydrogen) atoms. The van der Waals surface area contributed by atoms with Crippen LogP contribution >= 0.6 is 23.1 Å². The summed E-state index contributed by atoms with van der Waals surface area (Å²) in [5.41, 5.74) is 0.221. The fraction of sp³-hybridized carbons (Fsp3) is 0.625. The van der Waals surface area contributed by atoms with E-state index in [0.717, 1.165) is 0 Å². The topological polar surface area (TPSA) is 3.88 Å². The third-order valence-electron chi connectivity index (χ3n) is 1.47. The summed E-state index contributed by atoms with van der Waals surface area (Å²) in [4.78, 5) is 0. The maximum Gasteiger partial charge on any atom is 0.297 e. The summed E-state index contributed by atoms with van der Waals surface area (Å²) in [6, 6.07) is 0. The van der Waals surface area contributed by atoms with Crippen LogP contribution in [0, 0.1) is 0 Å². The van der Waals surface area contributed by atoms with Crippen molar-refractivity contribution in [2.75, 3.05) is 6.26 Å². The Bertz CT molecular complexity index is 239. The molecule has 0 aliphatic rings. The highest BCUT2D eigenvalue weighted by Gasteiger charge is 2.25. The zero-order valence-electron chi connectivity index (χ0n) is 7.80. The van der Waals surface area contributed by atoms with Crippen molar-refractivity contribution in [2.45, 2.75) is 30.6 Å². The average molecular weight is 315 g/mol. The standard InChI is InChI=1S/C8H14NS2.HI/c1-8(2,3)9-5-6-11-7(9)10-4;/h5-6H,1-4H3;1H/q+1;/p-1. The summed E-state index contributed by atoms with van der Waals surface area (Å²) in [6.45, 7) is 6.66. The van der Waals surface area contributed by atoms with Gasteiger partial charge in [0.2, 0.25) is 0 Å². The van der Waals surface area contributed by atoms with E-state index in [1.807, 2.05) is 11.8 Å². The summed E-state index contributed by atoms with van der Waals surface area (Å²) in [6.07, 6.45) is 4.27. The first-order valence-corrected chi connectivity index (χ1v) is 5.70. The molecule has 0 unspecified atom stereocenters. The molecule has 0 saturated heterocycles. The van der Waals surface area contributed by atoms with Crippen LogP contribution in [0.15, 0.2) is 15.9 Å². The Balaban J connectivity index is 0.00000121. The van der Waals surface area contributed by atoms with E-state index < -0.39 is 0 Å². The molecule has 1 heterocycles. The Labute approximate surface area is 99.6 Å². The Morgan fingerprint density at radius 2 is 2.00 bits per heavy atom. The Kier molecular flexibility index (Phi) is 5.10. The number of rotatable bonds is 1. The summed E-state index contributed by atoms with van der Waals surface area (Å²) in [5, 5.41) is 2.14. The van der Waals surface area contributed by atoms with Crippen LogP contribution in [0.3, 0.4) is 0 Å². The highest BCUT2D eigenvalue weighted by molar-refractivity contribution is 8.00. The van der Waals surface area contributed by atoms with Crippen LogP contribution in [0.4, 0.5) is 0 Å². The molecule has 0 aliphatic carbocycles. The van der Waals surface area contributed by atoms with Crippen molar-refractivity contribution in [3.8, 4) is 0 Å². The van der Waals surface area contributed by atoms with Gasteiger partial charge in [-0.1, -0.05) is 11.3 Å². The van der Waals surface area contributed by atoms with Gasteiger partial charge in [-0.2, -0.15) is 4.57 Å². The van der Waals surface area contributed by atoms with Crippen LogP contribution in [0.2, 0.25) is 0 Å². The highest BCUT2D eigenvalue weighted by atomic mass is 127. The lowest BCUT2D eigenvalue weighted by Crippen LogP contribution is -3.00. The van der Waals surface area contributed by atoms with Crippen molar-refractivity contribution in [3.63, 3.8) is 0 Å². The SMILES string of the molecule is CSc1scc[n+]1C(C)(C)C.[I-]. The molecule has 0 radical (unpaired) electrons. The van der Waals surface area contributed by atoms with E-state index in [9.17, 15) is 0 Å². The predicted molar refractivity (Wildman–Crippen MR) is 51.3 cm³/mol. The molecule has 0 amide bonds. The van der Waals surface area contributed by atoms with Crippen LogP contribution in [-0.4, -0.2) is 6.26 Å². The van der Waals surface area contributed by atoms with Gasteiger partial charge in [-0.25, -0.2) is 0 Å². The number of hydrogen-bond donors (Lipinski definition) is 0. The minimum Gasteiger partial charge on any atom is -1.00 e. The Morgan fingerprint density at radius 3 is 2.33 bits per heavy atom. The predicted octanol–water partition coefficient (Wildman–Crippen LogP) is -0.484. The molecule has 0 aliphatic heterocycles. The zero-order valence-corrected chi connectivity index (χ0v) is 11.6. The first kappa shape index (κ1) is 12.7. The van der Waals surface area contributed by atoms with Gasteiger partial charge in [0.1, 0.15) is 0 Å². The number of halogens is 1. The molecule has 1 aromatic heterocycles. The first-order valence-electron chi connectivity index (χ1n) is 3.59. The second-order valence-corrected chi connectivity index (χ2v) is 5.36. The van der Waals surface area contributed by atoms with Gasteiger partial charge in [-0.15, -0.1) is 0 Å². The van der Waals surface area contributed by atoms with E-state index in [1.165, 1.54) is 4.34 Å². The monoisotopic (exact) mass is 315 g/mol. The van der Waals surface area contributed by atoms with Gasteiger partial charge in [-0.3, -0.25) is 0 Å². The molecule has 0 bridgehead atoms. The smallest absolute Gasteiger partial charge is 0.297 e. The summed E-state index contributed by atoms with van der Waals surface area (Å²) < 4.78 is 3.68. The second kappa shape index (κ2) is 4.81. The summed E-state index contributed by atoms with van der Waals surface area (Å²) >= 11 is 3.61. The number of aromatic nitrogens is 1. The van der Waals surface area contributed by atoms with E-state index in [1.54, 1.807) is 11.3 Å². The van der Waals surface area contributed by atoms with E-state index >= 15 is 0 Å². The quantitative estimate of drug-likeness (QED) is 0.385. The largest absolute Gasteiger partial charge is 1.00 e. The molecule has 0 saturated carbocycles. The van der Waals surface area contributed by atoms with Crippen molar-refractivity contribution >= 4 is 23.1 Å². The number of thioether (sulfide) groups is 1. The molecule has 0 aromatic carbocycles. The minimum absolute atomic E-state index is 0. The Hall–Kier alpha value is 0.710. The average Bonchev–Trinajstić information content (AvgIpc) is 2.31. The molecule has 1 rings (SSSR count). The molecule has 0 atom stereocenters. The highest BCUT2D eigenvalue weighted by Crippen LogP contribution is 2.19. The van der Waals surface area contributed by atoms with E-state index in [2.05, 4.69) is 43.2 Å². The number of hydrogen-bond acceptors (Lipinski definition) is 2. The second-order valence-electron chi connectivity index (χ2n) is 3.41. The van der Waals surface area contributed by atoms with Gasteiger partial charge in [0.05, 0.1) is 5.38 Å². The van der Waals surface area contributed by atoms with Crippen molar-refractivity contribution in [3.05, 3.63) is 11.6 Å². The van der Waals surface area contributed by atoms with E-state index in [-0.39, 0.29) is 29.5 Å². The maximum atomic E-state index is 2.31. The molecule has 1 aromatic rings. The fourth-order valence-corrected chi connectivity index (χ4v) is 2.74. The summed E-state index contributed by atoms with van der Waals surface area (Å²) in [5.74, 6) is 0. The van der Waals surface area contributed by atoms with Gasteiger partial charge < -0.3 is 24.0 Å². The van der Waals surface area contributed by atoms with E-state index in [4.69, 9.17) is 0 Å². The lowest BCUT2D eigenvalue weighted by atomic mass is 10.1. The molecular formula is C8H14INS2. The zero-order chi connectivity index (χ0) is 8.48.